The van der Waals surface area contributed by atoms with Gasteiger partial charge >= 0.3 is 0 Å². The van der Waals surface area contributed by atoms with E-state index < -0.39 is 11.4 Å². The number of methoxy groups -OCH3 is 2. The van der Waals surface area contributed by atoms with Gasteiger partial charge in [-0.25, -0.2) is 0 Å². The number of nitrogens with one attached hydrogen (secondary N) is 1. The molecule has 10 heteroatoms. The minimum absolute atomic E-state index is 0.100. The van der Waals surface area contributed by atoms with Gasteiger partial charge in [-0.05, 0) is 31.5 Å². The fraction of sp³-hybridized carbons (Fsp3) is 0.429. The molecule has 1 saturated carbocycles. The van der Waals surface area contributed by atoms with E-state index in [0.29, 0.717) is 41.9 Å². The second kappa shape index (κ2) is 8.76. The van der Waals surface area contributed by atoms with Crippen LogP contribution in [0, 0.1) is 5.92 Å². The Morgan fingerprint density at radius 2 is 1.94 bits per heavy atom. The molecule has 0 bridgehead atoms. The van der Waals surface area contributed by atoms with Gasteiger partial charge in [-0.15, -0.1) is 10.2 Å². The minimum Gasteiger partial charge on any atom is -0.494 e. The van der Waals surface area contributed by atoms with E-state index in [2.05, 4.69) is 20.5 Å². The summed E-state index contributed by atoms with van der Waals surface area (Å²) in [4.78, 5) is 18.0. The van der Waals surface area contributed by atoms with Gasteiger partial charge in [0.1, 0.15) is 23.0 Å². The lowest BCUT2D eigenvalue weighted by Crippen LogP contribution is -2.26. The molecule has 0 atom stereocenters. The summed E-state index contributed by atoms with van der Waals surface area (Å²) in [5, 5.41) is 21.4. The average molecular weight is 427 g/mol. The third-order valence-electron chi connectivity index (χ3n) is 5.24. The minimum atomic E-state index is -0.541. The molecule has 2 N–H and O–H groups in total. The Morgan fingerprint density at radius 1 is 1.23 bits per heavy atom. The fourth-order valence-corrected chi connectivity index (χ4v) is 3.51. The van der Waals surface area contributed by atoms with Crippen LogP contribution in [0.25, 0.3) is 17.1 Å². The van der Waals surface area contributed by atoms with Gasteiger partial charge in [0.15, 0.2) is 5.56 Å². The van der Waals surface area contributed by atoms with Crippen molar-refractivity contribution in [2.24, 2.45) is 5.92 Å². The zero-order valence-electron chi connectivity index (χ0n) is 17.7. The van der Waals surface area contributed by atoms with Crippen LogP contribution in [0.3, 0.4) is 0 Å². The van der Waals surface area contributed by atoms with Crippen molar-refractivity contribution in [3.8, 4) is 34.5 Å². The molecule has 4 rings (SSSR count). The predicted octanol–water partition coefficient (Wildman–Crippen LogP) is 2.07. The molecule has 0 unspecified atom stereocenters. The van der Waals surface area contributed by atoms with Crippen molar-refractivity contribution >= 4 is 0 Å². The average Bonchev–Trinajstić information content (AvgIpc) is 3.49. The lowest BCUT2D eigenvalue weighted by molar-refractivity contribution is 0.388. The molecule has 164 valence electrons. The molecule has 0 aliphatic heterocycles. The zero-order valence-corrected chi connectivity index (χ0v) is 17.7. The number of ether oxygens (including phenoxy) is 2. The molecule has 10 nitrogen and oxygen atoms in total. The number of aryl methyl sites for hydroxylation is 1. The van der Waals surface area contributed by atoms with E-state index in [-0.39, 0.29) is 17.3 Å². The highest BCUT2D eigenvalue weighted by Crippen LogP contribution is 2.36. The molecule has 0 saturated heterocycles. The lowest BCUT2D eigenvalue weighted by atomic mass is 10.1. The van der Waals surface area contributed by atoms with Crippen molar-refractivity contribution in [3.05, 3.63) is 40.3 Å². The number of rotatable bonds is 9. The number of hydrogen-bond acceptors (Lipinski definition) is 9. The first kappa shape index (κ1) is 20.9. The molecule has 3 aromatic rings. The van der Waals surface area contributed by atoms with Crippen LogP contribution in [0.5, 0.6) is 17.4 Å². The summed E-state index contributed by atoms with van der Waals surface area (Å²) in [7, 11) is 4.77. The highest BCUT2D eigenvalue weighted by Gasteiger charge is 2.28. The Hall–Kier alpha value is -3.40. The van der Waals surface area contributed by atoms with Crippen molar-refractivity contribution in [2.45, 2.75) is 32.2 Å². The molecule has 0 spiro atoms. The number of hydrogen-bond donors (Lipinski definition) is 2. The first-order valence-corrected chi connectivity index (χ1v) is 10.1. The first-order chi connectivity index (χ1) is 15.1. The predicted molar refractivity (Wildman–Crippen MR) is 112 cm³/mol. The summed E-state index contributed by atoms with van der Waals surface area (Å²) in [5.41, 5.74) is -0.300. The lowest BCUT2D eigenvalue weighted by Gasteiger charge is -2.18. The van der Waals surface area contributed by atoms with E-state index in [1.54, 1.807) is 25.2 Å². The topological polar surface area (TPSA) is 125 Å². The Balaban J connectivity index is 1.94. The standard InChI is InChI=1S/C21H25N5O5/c1-22-11-16-24-25-20(31-16)17-19(27)23-15(10-9-12-7-8-12)26(21(17)28)18-13(29-2)5-4-6-14(18)30-3/h4-6,12,22,27H,7-11H2,1-3H3. The Labute approximate surface area is 178 Å². The Bertz CT molecular complexity index is 1110. The van der Waals surface area contributed by atoms with Crippen LogP contribution < -0.4 is 20.3 Å². The second-order valence-corrected chi connectivity index (χ2v) is 7.39. The maximum atomic E-state index is 13.7. The SMILES string of the molecule is CNCc1nnc(-c2c(O)nc(CCC3CC3)n(-c3c(OC)cccc3OC)c2=O)o1. The van der Waals surface area contributed by atoms with E-state index in [4.69, 9.17) is 13.9 Å². The van der Waals surface area contributed by atoms with E-state index in [0.717, 1.165) is 6.42 Å². The molecule has 2 heterocycles. The van der Waals surface area contributed by atoms with Gasteiger partial charge in [0, 0.05) is 6.42 Å². The number of benzene rings is 1. The normalized spacial score (nSPS) is 13.4. The van der Waals surface area contributed by atoms with Gasteiger partial charge in [-0.3, -0.25) is 9.36 Å². The molecule has 1 aromatic carbocycles. The molecule has 1 fully saturated rings. The smallest absolute Gasteiger partial charge is 0.275 e. The molecule has 0 radical (unpaired) electrons. The van der Waals surface area contributed by atoms with Crippen LogP contribution in [-0.4, -0.2) is 46.1 Å². The van der Waals surface area contributed by atoms with Crippen molar-refractivity contribution in [2.75, 3.05) is 21.3 Å². The van der Waals surface area contributed by atoms with E-state index in [1.165, 1.54) is 31.6 Å². The van der Waals surface area contributed by atoms with Crippen molar-refractivity contribution in [1.82, 2.24) is 25.1 Å². The number of para-hydroxylation sites is 1. The summed E-state index contributed by atoms with van der Waals surface area (Å²) < 4.78 is 18.0. The summed E-state index contributed by atoms with van der Waals surface area (Å²) in [6.45, 7) is 0.329. The summed E-state index contributed by atoms with van der Waals surface area (Å²) in [6.07, 6.45) is 3.73. The van der Waals surface area contributed by atoms with Gasteiger partial charge in [0.05, 0.1) is 20.8 Å². The van der Waals surface area contributed by atoms with Gasteiger partial charge in [-0.1, -0.05) is 18.9 Å². The molecule has 1 aliphatic rings. The van der Waals surface area contributed by atoms with E-state index in [1.807, 2.05) is 0 Å². The summed E-state index contributed by atoms with van der Waals surface area (Å²) in [5.74, 6) is 1.65. The maximum Gasteiger partial charge on any atom is 0.275 e. The van der Waals surface area contributed by atoms with Crippen LogP contribution in [-0.2, 0) is 13.0 Å². The van der Waals surface area contributed by atoms with Crippen molar-refractivity contribution < 1.29 is 19.0 Å². The second-order valence-electron chi connectivity index (χ2n) is 7.39. The Morgan fingerprint density at radius 3 is 2.55 bits per heavy atom. The summed E-state index contributed by atoms with van der Waals surface area (Å²) >= 11 is 0. The monoisotopic (exact) mass is 427 g/mol. The van der Waals surface area contributed by atoms with Crippen LogP contribution >= 0.6 is 0 Å². The van der Waals surface area contributed by atoms with Gasteiger partial charge < -0.3 is 24.3 Å². The molecular weight excluding hydrogens is 402 g/mol. The third-order valence-corrected chi connectivity index (χ3v) is 5.24. The Kier molecular flexibility index (Phi) is 5.90. The molecular formula is C21H25N5O5. The summed E-state index contributed by atoms with van der Waals surface area (Å²) in [6, 6.07) is 5.24. The molecule has 31 heavy (non-hydrogen) atoms. The van der Waals surface area contributed by atoms with Crippen molar-refractivity contribution in [1.29, 1.82) is 0 Å². The van der Waals surface area contributed by atoms with Gasteiger partial charge in [0.25, 0.3) is 11.4 Å². The van der Waals surface area contributed by atoms with E-state index in [9.17, 15) is 9.90 Å². The van der Waals surface area contributed by atoms with Crippen LogP contribution in [0.2, 0.25) is 0 Å². The molecule has 0 amide bonds. The highest BCUT2D eigenvalue weighted by atomic mass is 16.5. The zero-order chi connectivity index (χ0) is 22.0. The number of nitrogens with zero attached hydrogens (tertiary/aromatic N) is 4. The van der Waals surface area contributed by atoms with Gasteiger partial charge in [-0.2, -0.15) is 4.98 Å². The first-order valence-electron chi connectivity index (χ1n) is 10.1. The van der Waals surface area contributed by atoms with Crippen molar-refractivity contribution in [3.63, 3.8) is 0 Å². The number of aromatic hydroxyl groups is 1. The largest absolute Gasteiger partial charge is 0.494 e. The quantitative estimate of drug-likeness (QED) is 0.528. The highest BCUT2D eigenvalue weighted by molar-refractivity contribution is 5.63. The van der Waals surface area contributed by atoms with E-state index >= 15 is 0 Å². The van der Waals surface area contributed by atoms with Gasteiger partial charge in [0.2, 0.25) is 11.8 Å². The third kappa shape index (κ3) is 4.11. The maximum absolute atomic E-state index is 13.7. The number of aromatic nitrogens is 4. The van der Waals surface area contributed by atoms with Crippen LogP contribution in [0.1, 0.15) is 31.0 Å². The van der Waals surface area contributed by atoms with Crippen LogP contribution in [0.4, 0.5) is 0 Å². The van der Waals surface area contributed by atoms with Crippen LogP contribution in [0.15, 0.2) is 27.4 Å². The molecule has 2 aromatic heterocycles. The fourth-order valence-electron chi connectivity index (χ4n) is 3.51. The molecule has 1 aliphatic carbocycles.